The van der Waals surface area contributed by atoms with Crippen LogP contribution in [0.4, 0.5) is 0 Å². The van der Waals surface area contributed by atoms with Gasteiger partial charge < -0.3 is 8.98 Å². The molecule has 51 heavy (non-hydrogen) atoms. The second kappa shape index (κ2) is 10.9. The van der Waals surface area contributed by atoms with Gasteiger partial charge in [-0.1, -0.05) is 109 Å². The number of thiophene rings is 1. The van der Waals surface area contributed by atoms with Crippen LogP contribution in [0.5, 0.6) is 0 Å². The van der Waals surface area contributed by atoms with Gasteiger partial charge in [0.1, 0.15) is 11.2 Å². The van der Waals surface area contributed by atoms with E-state index >= 15 is 0 Å². The zero-order valence-corrected chi connectivity index (χ0v) is 27.9. The van der Waals surface area contributed by atoms with Gasteiger partial charge in [0.2, 0.25) is 0 Å². The highest BCUT2D eigenvalue weighted by atomic mass is 32.1. The molecule has 0 atom stereocenters. The lowest BCUT2D eigenvalue weighted by Gasteiger charge is -2.09. The molecule has 0 radical (unpaired) electrons. The highest BCUT2D eigenvalue weighted by Crippen LogP contribution is 2.43. The van der Waals surface area contributed by atoms with E-state index in [1.165, 1.54) is 31.2 Å². The SMILES string of the molecule is c1ccc(-c2nc(-c3ccccc3)nc(-c3cccc4sc5cc6c(cc5c34)oc3cc(-n4c5ccccc5c5ccccc54)ccc36)n2)cc1. The molecule has 0 aliphatic carbocycles. The first-order chi connectivity index (χ1) is 25.3. The summed E-state index contributed by atoms with van der Waals surface area (Å²) in [5.74, 6) is 1.94. The molecule has 11 aromatic rings. The number of fused-ring (bicyclic) bond motifs is 9. The van der Waals surface area contributed by atoms with Crippen molar-refractivity contribution < 1.29 is 4.42 Å². The number of benzene rings is 7. The molecule has 0 spiro atoms. The summed E-state index contributed by atoms with van der Waals surface area (Å²) in [6.07, 6.45) is 0. The second-order valence-corrected chi connectivity index (χ2v) is 13.9. The van der Waals surface area contributed by atoms with E-state index in [2.05, 4.69) is 102 Å². The largest absolute Gasteiger partial charge is 0.456 e. The van der Waals surface area contributed by atoms with E-state index in [9.17, 15) is 0 Å². The lowest BCUT2D eigenvalue weighted by atomic mass is 10.0. The fraction of sp³-hybridized carbons (Fsp3) is 0. The summed E-state index contributed by atoms with van der Waals surface area (Å²) in [5.41, 5.74) is 8.03. The van der Waals surface area contributed by atoms with Crippen LogP contribution in [-0.2, 0) is 0 Å². The first-order valence-corrected chi connectivity index (χ1v) is 17.8. The Morgan fingerprint density at radius 2 is 1.04 bits per heavy atom. The Kier molecular flexibility index (Phi) is 6.05. The summed E-state index contributed by atoms with van der Waals surface area (Å²) in [6.45, 7) is 0. The third kappa shape index (κ3) is 4.37. The van der Waals surface area contributed by atoms with Gasteiger partial charge in [-0.15, -0.1) is 11.3 Å². The van der Waals surface area contributed by atoms with Gasteiger partial charge in [0.15, 0.2) is 17.5 Å². The lowest BCUT2D eigenvalue weighted by Crippen LogP contribution is -2.00. The summed E-state index contributed by atoms with van der Waals surface area (Å²) >= 11 is 1.79. The van der Waals surface area contributed by atoms with Crippen LogP contribution in [-0.4, -0.2) is 19.5 Å². The molecular weight excluding hydrogens is 645 g/mol. The monoisotopic (exact) mass is 670 g/mol. The first kappa shape index (κ1) is 28.2. The van der Waals surface area contributed by atoms with E-state index in [4.69, 9.17) is 19.4 Å². The first-order valence-electron chi connectivity index (χ1n) is 16.9. The summed E-state index contributed by atoms with van der Waals surface area (Å²) in [5, 5.41) is 6.94. The predicted octanol–water partition coefficient (Wildman–Crippen LogP) is 12.2. The molecule has 0 N–H and O–H groups in total. The Morgan fingerprint density at radius 3 is 1.73 bits per heavy atom. The van der Waals surface area contributed by atoms with Crippen molar-refractivity contribution in [2.24, 2.45) is 0 Å². The van der Waals surface area contributed by atoms with Crippen LogP contribution in [0.3, 0.4) is 0 Å². The molecule has 4 aromatic heterocycles. The molecule has 238 valence electrons. The van der Waals surface area contributed by atoms with Gasteiger partial charge in [-0.2, -0.15) is 0 Å². The fourth-order valence-corrected chi connectivity index (χ4v) is 8.69. The number of rotatable bonds is 4. The number of hydrogen-bond acceptors (Lipinski definition) is 5. The molecule has 0 aliphatic heterocycles. The van der Waals surface area contributed by atoms with Crippen LogP contribution in [0, 0.1) is 0 Å². The van der Waals surface area contributed by atoms with Crippen molar-refractivity contribution in [2.45, 2.75) is 0 Å². The quantitative estimate of drug-likeness (QED) is 0.187. The Bertz CT molecular complexity index is 3030. The van der Waals surface area contributed by atoms with Crippen molar-refractivity contribution in [3.05, 3.63) is 158 Å². The molecule has 0 unspecified atom stereocenters. The lowest BCUT2D eigenvalue weighted by molar-refractivity contribution is 0.669. The molecule has 0 aliphatic rings. The maximum atomic E-state index is 6.69. The zero-order chi connectivity index (χ0) is 33.5. The summed E-state index contributed by atoms with van der Waals surface area (Å²) < 4.78 is 11.4. The van der Waals surface area contributed by atoms with Gasteiger partial charge in [0.25, 0.3) is 0 Å². The van der Waals surface area contributed by atoms with Crippen molar-refractivity contribution in [1.29, 1.82) is 0 Å². The molecular formula is C45H26N4OS. The normalized spacial score (nSPS) is 11.9. The zero-order valence-electron chi connectivity index (χ0n) is 27.1. The minimum absolute atomic E-state index is 0.647. The molecule has 5 nitrogen and oxygen atoms in total. The fourth-order valence-electron chi connectivity index (χ4n) is 7.54. The van der Waals surface area contributed by atoms with Crippen LogP contribution < -0.4 is 0 Å². The molecule has 0 saturated heterocycles. The summed E-state index contributed by atoms with van der Waals surface area (Å²) in [7, 11) is 0. The highest BCUT2D eigenvalue weighted by molar-refractivity contribution is 7.26. The van der Waals surface area contributed by atoms with Crippen molar-refractivity contribution >= 4 is 75.3 Å². The van der Waals surface area contributed by atoms with E-state index in [1.54, 1.807) is 11.3 Å². The standard InChI is InChI=1S/C45H26N4OS/c1-3-12-27(13-4-1)43-46-44(28-14-5-2-6-15-28)48-45(47-43)33-18-11-21-40-42(33)35-25-39-34(26-41(35)51-40)32-23-22-29(24-38(32)50-39)49-36-19-9-7-16-30(36)31-17-8-10-20-37(31)49/h1-26H. The van der Waals surface area contributed by atoms with Gasteiger partial charge in [-0.25, -0.2) is 15.0 Å². The van der Waals surface area contributed by atoms with Gasteiger partial charge in [-0.3, -0.25) is 0 Å². The van der Waals surface area contributed by atoms with Gasteiger partial charge in [0, 0.05) is 70.2 Å². The van der Waals surface area contributed by atoms with Crippen LogP contribution in [0.1, 0.15) is 0 Å². The second-order valence-electron chi connectivity index (χ2n) is 12.8. The molecule has 7 aromatic carbocycles. The number of aromatic nitrogens is 4. The summed E-state index contributed by atoms with van der Waals surface area (Å²) in [6, 6.07) is 54.9. The minimum atomic E-state index is 0.647. The average Bonchev–Trinajstić information content (AvgIpc) is 3.86. The number of para-hydroxylation sites is 2. The van der Waals surface area contributed by atoms with Crippen molar-refractivity contribution in [2.75, 3.05) is 0 Å². The van der Waals surface area contributed by atoms with Crippen molar-refractivity contribution in [3.8, 4) is 39.9 Å². The van der Waals surface area contributed by atoms with Crippen LogP contribution in [0.15, 0.2) is 162 Å². The maximum absolute atomic E-state index is 6.69. The van der Waals surface area contributed by atoms with Crippen LogP contribution >= 0.6 is 11.3 Å². The molecule has 11 rings (SSSR count). The number of furan rings is 1. The summed E-state index contributed by atoms with van der Waals surface area (Å²) in [4.78, 5) is 15.1. The van der Waals surface area contributed by atoms with Gasteiger partial charge >= 0.3 is 0 Å². The molecule has 0 fully saturated rings. The Morgan fingerprint density at radius 1 is 0.431 bits per heavy atom. The highest BCUT2D eigenvalue weighted by Gasteiger charge is 2.19. The molecule has 0 saturated carbocycles. The number of nitrogens with zero attached hydrogens (tertiary/aromatic N) is 4. The Balaban J connectivity index is 1.11. The Hall–Kier alpha value is -6.63. The van der Waals surface area contributed by atoms with Gasteiger partial charge in [0.05, 0.1) is 11.0 Å². The number of hydrogen-bond donors (Lipinski definition) is 0. The van der Waals surface area contributed by atoms with E-state index in [-0.39, 0.29) is 0 Å². The average molecular weight is 671 g/mol. The van der Waals surface area contributed by atoms with Crippen LogP contribution in [0.2, 0.25) is 0 Å². The molecule has 4 heterocycles. The van der Waals surface area contributed by atoms with Gasteiger partial charge in [-0.05, 0) is 42.5 Å². The molecule has 0 amide bonds. The van der Waals surface area contributed by atoms with Crippen LogP contribution in [0.25, 0.3) is 104 Å². The van der Waals surface area contributed by atoms with E-state index in [0.717, 1.165) is 55.1 Å². The molecule has 6 heteroatoms. The third-order valence-corrected chi connectivity index (χ3v) is 11.0. The topological polar surface area (TPSA) is 56.7 Å². The molecule has 0 bridgehead atoms. The maximum Gasteiger partial charge on any atom is 0.164 e. The van der Waals surface area contributed by atoms with E-state index in [0.29, 0.717) is 17.5 Å². The van der Waals surface area contributed by atoms with Crippen molar-refractivity contribution in [3.63, 3.8) is 0 Å². The van der Waals surface area contributed by atoms with Crippen molar-refractivity contribution in [1.82, 2.24) is 19.5 Å². The van der Waals surface area contributed by atoms with E-state index < -0.39 is 0 Å². The predicted molar refractivity (Wildman–Crippen MR) is 211 cm³/mol. The van der Waals surface area contributed by atoms with E-state index in [1.807, 2.05) is 60.7 Å². The third-order valence-electron chi connectivity index (χ3n) is 9.85. The minimum Gasteiger partial charge on any atom is -0.456 e. The Labute approximate surface area is 295 Å². The smallest absolute Gasteiger partial charge is 0.164 e.